The first-order valence-electron chi connectivity index (χ1n) is 6.86. The molecule has 3 rings (SSSR count). The van der Waals surface area contributed by atoms with Crippen LogP contribution < -0.4 is 5.32 Å². The van der Waals surface area contributed by atoms with Crippen molar-refractivity contribution in [1.82, 2.24) is 4.90 Å². The molecule has 2 nitrogen and oxygen atoms in total. The second kappa shape index (κ2) is 5.13. The molecule has 2 heterocycles. The third kappa shape index (κ3) is 2.82. The van der Waals surface area contributed by atoms with E-state index in [1.807, 2.05) is 0 Å². The van der Waals surface area contributed by atoms with Crippen molar-refractivity contribution in [2.75, 3.05) is 25.0 Å². The molecule has 0 saturated carbocycles. The van der Waals surface area contributed by atoms with E-state index in [1.165, 1.54) is 22.9 Å². The van der Waals surface area contributed by atoms with Crippen molar-refractivity contribution in [2.45, 2.75) is 25.6 Å². The van der Waals surface area contributed by atoms with Crippen LogP contribution in [0.1, 0.15) is 17.5 Å². The van der Waals surface area contributed by atoms with E-state index in [9.17, 15) is 13.2 Å². The molecular weight excluding hydrogens is 265 g/mol. The van der Waals surface area contributed by atoms with Crippen molar-refractivity contribution >= 4 is 5.69 Å². The molecule has 0 radical (unpaired) electrons. The van der Waals surface area contributed by atoms with Crippen molar-refractivity contribution < 1.29 is 13.2 Å². The first-order valence-corrected chi connectivity index (χ1v) is 6.86. The molecule has 0 bridgehead atoms. The van der Waals surface area contributed by atoms with Gasteiger partial charge in [0.25, 0.3) is 0 Å². The number of nitrogens with zero attached hydrogens (tertiary/aromatic N) is 1. The minimum Gasteiger partial charge on any atom is -0.384 e. The van der Waals surface area contributed by atoms with Crippen molar-refractivity contribution in [3.05, 3.63) is 41.0 Å². The van der Waals surface area contributed by atoms with Crippen molar-refractivity contribution in [3.8, 4) is 0 Å². The summed E-state index contributed by atoms with van der Waals surface area (Å²) in [4.78, 5) is 2.05. The largest absolute Gasteiger partial charge is 0.412 e. The van der Waals surface area contributed by atoms with E-state index < -0.39 is 6.18 Å². The predicted octanol–water partition coefficient (Wildman–Crippen LogP) is 3.35. The Balaban J connectivity index is 1.64. The van der Waals surface area contributed by atoms with Crippen molar-refractivity contribution in [2.24, 2.45) is 0 Å². The lowest BCUT2D eigenvalue weighted by atomic mass is 10.1. The van der Waals surface area contributed by atoms with Gasteiger partial charge >= 0.3 is 6.18 Å². The van der Waals surface area contributed by atoms with Crippen LogP contribution in [0, 0.1) is 0 Å². The number of alkyl halides is 3. The normalized spacial score (nSPS) is 19.4. The third-order valence-corrected chi connectivity index (χ3v) is 3.94. The SMILES string of the molecule is FC(F)(F)C1=CCN(Cc2ccc3c(c2)CCN3)CC1. The molecule has 2 aliphatic heterocycles. The first-order chi connectivity index (χ1) is 9.52. The lowest BCUT2D eigenvalue weighted by Crippen LogP contribution is -2.31. The predicted molar refractivity (Wildman–Crippen MR) is 72.7 cm³/mol. The first kappa shape index (κ1) is 13.5. The number of benzene rings is 1. The molecule has 0 aliphatic carbocycles. The minimum atomic E-state index is -4.16. The van der Waals surface area contributed by atoms with Gasteiger partial charge in [-0.15, -0.1) is 0 Å². The number of hydrogen-bond donors (Lipinski definition) is 1. The summed E-state index contributed by atoms with van der Waals surface area (Å²) < 4.78 is 37.7. The molecule has 1 aromatic rings. The van der Waals surface area contributed by atoms with Crippen LogP contribution in [0.2, 0.25) is 0 Å². The molecule has 0 atom stereocenters. The van der Waals surface area contributed by atoms with Crippen LogP contribution >= 0.6 is 0 Å². The summed E-state index contributed by atoms with van der Waals surface area (Å²) in [6, 6.07) is 6.29. The molecule has 0 spiro atoms. The highest BCUT2D eigenvalue weighted by Crippen LogP contribution is 2.30. The van der Waals surface area contributed by atoms with Gasteiger partial charge in [0.2, 0.25) is 0 Å². The zero-order chi connectivity index (χ0) is 14.2. The van der Waals surface area contributed by atoms with Crippen LogP contribution in [0.15, 0.2) is 29.8 Å². The summed E-state index contributed by atoms with van der Waals surface area (Å²) in [7, 11) is 0. The number of anilines is 1. The lowest BCUT2D eigenvalue weighted by Gasteiger charge is -2.27. The Morgan fingerprint density at radius 1 is 1.20 bits per heavy atom. The summed E-state index contributed by atoms with van der Waals surface area (Å²) in [6.45, 7) is 2.54. The van der Waals surface area contributed by atoms with Gasteiger partial charge in [-0.3, -0.25) is 4.90 Å². The smallest absolute Gasteiger partial charge is 0.384 e. The maximum atomic E-state index is 12.6. The number of nitrogens with one attached hydrogen (secondary N) is 1. The molecule has 0 aromatic heterocycles. The standard InChI is InChI=1S/C15H17F3N2/c16-15(17,18)13-4-7-20(8-5-13)10-11-1-2-14-12(9-11)3-6-19-14/h1-2,4,9,19H,3,5-8,10H2. The van der Waals surface area contributed by atoms with Gasteiger partial charge in [-0.2, -0.15) is 13.2 Å². The van der Waals surface area contributed by atoms with Gasteiger partial charge in [-0.05, 0) is 30.0 Å². The lowest BCUT2D eigenvalue weighted by molar-refractivity contribution is -0.0960. The molecule has 5 heteroatoms. The van der Waals surface area contributed by atoms with Gasteiger partial charge in [0.1, 0.15) is 0 Å². The molecule has 0 saturated heterocycles. The second-order valence-corrected chi connectivity index (χ2v) is 5.38. The summed E-state index contributed by atoms with van der Waals surface area (Å²) in [6.07, 6.45) is -1.72. The van der Waals surface area contributed by atoms with E-state index >= 15 is 0 Å². The third-order valence-electron chi connectivity index (χ3n) is 3.94. The minimum absolute atomic E-state index is 0.0933. The van der Waals surface area contributed by atoms with E-state index in [1.54, 1.807) is 0 Å². The van der Waals surface area contributed by atoms with Crippen molar-refractivity contribution in [3.63, 3.8) is 0 Å². The van der Waals surface area contributed by atoms with Gasteiger partial charge in [0, 0.05) is 37.4 Å². The van der Waals surface area contributed by atoms with Gasteiger partial charge < -0.3 is 5.32 Å². The topological polar surface area (TPSA) is 15.3 Å². The molecule has 1 N–H and O–H groups in total. The maximum Gasteiger partial charge on any atom is 0.412 e. The van der Waals surface area contributed by atoms with E-state index in [0.717, 1.165) is 19.5 Å². The Bertz CT molecular complexity index is 534. The molecule has 0 amide bonds. The maximum absolute atomic E-state index is 12.6. The van der Waals surface area contributed by atoms with E-state index in [0.29, 0.717) is 13.1 Å². The molecular formula is C15H17F3N2. The highest BCUT2D eigenvalue weighted by Gasteiger charge is 2.34. The van der Waals surface area contributed by atoms with E-state index in [4.69, 9.17) is 0 Å². The van der Waals surface area contributed by atoms with Crippen LogP contribution in [0.5, 0.6) is 0 Å². The molecule has 2 aliphatic rings. The fourth-order valence-electron chi connectivity index (χ4n) is 2.83. The number of halogens is 3. The number of hydrogen-bond acceptors (Lipinski definition) is 2. The fourth-order valence-corrected chi connectivity index (χ4v) is 2.83. The summed E-state index contributed by atoms with van der Waals surface area (Å²) in [5.41, 5.74) is 3.29. The fraction of sp³-hybridized carbons (Fsp3) is 0.467. The van der Waals surface area contributed by atoms with Gasteiger partial charge in [-0.1, -0.05) is 18.2 Å². The average molecular weight is 282 g/mol. The monoisotopic (exact) mass is 282 g/mol. The van der Waals surface area contributed by atoms with Crippen LogP contribution in [0.4, 0.5) is 18.9 Å². The zero-order valence-corrected chi connectivity index (χ0v) is 11.1. The van der Waals surface area contributed by atoms with Crippen LogP contribution in [0.3, 0.4) is 0 Å². The van der Waals surface area contributed by atoms with Gasteiger partial charge in [0.15, 0.2) is 0 Å². The molecule has 1 aromatic carbocycles. The Hall–Kier alpha value is -1.49. The van der Waals surface area contributed by atoms with E-state index in [-0.39, 0.29) is 12.0 Å². The molecule has 0 unspecified atom stereocenters. The summed E-state index contributed by atoms with van der Waals surface area (Å²) in [5.74, 6) is 0. The van der Waals surface area contributed by atoms with Gasteiger partial charge in [0.05, 0.1) is 0 Å². The Morgan fingerprint density at radius 3 is 2.75 bits per heavy atom. The van der Waals surface area contributed by atoms with Crippen molar-refractivity contribution in [1.29, 1.82) is 0 Å². The summed E-state index contributed by atoms with van der Waals surface area (Å²) >= 11 is 0. The van der Waals surface area contributed by atoms with E-state index in [2.05, 4.69) is 28.4 Å². The summed E-state index contributed by atoms with van der Waals surface area (Å²) in [5, 5.41) is 3.31. The Morgan fingerprint density at radius 2 is 2.05 bits per heavy atom. The molecule has 108 valence electrons. The Labute approximate surface area is 116 Å². The molecule has 0 fully saturated rings. The highest BCUT2D eigenvalue weighted by molar-refractivity contribution is 5.56. The van der Waals surface area contributed by atoms with Crippen LogP contribution in [0.25, 0.3) is 0 Å². The highest BCUT2D eigenvalue weighted by atomic mass is 19.4. The van der Waals surface area contributed by atoms with Crippen LogP contribution in [-0.4, -0.2) is 30.7 Å². The average Bonchev–Trinajstić information content (AvgIpc) is 2.86. The Kier molecular flexibility index (Phi) is 3.46. The zero-order valence-electron chi connectivity index (χ0n) is 11.1. The second-order valence-electron chi connectivity index (χ2n) is 5.38. The number of rotatable bonds is 2. The van der Waals surface area contributed by atoms with Crippen LogP contribution in [-0.2, 0) is 13.0 Å². The number of fused-ring (bicyclic) bond motifs is 1. The molecule has 20 heavy (non-hydrogen) atoms. The quantitative estimate of drug-likeness (QED) is 0.837. The van der Waals surface area contributed by atoms with Gasteiger partial charge in [-0.25, -0.2) is 0 Å².